The van der Waals surface area contributed by atoms with Crippen molar-refractivity contribution >= 4 is 28.6 Å². The van der Waals surface area contributed by atoms with Crippen molar-refractivity contribution in [3.8, 4) is 0 Å². The lowest BCUT2D eigenvalue weighted by atomic mass is 10.2. The van der Waals surface area contributed by atoms with Crippen LogP contribution in [0.2, 0.25) is 5.28 Å². The number of nitrogens with one attached hydrogen (secondary N) is 1. The van der Waals surface area contributed by atoms with Gasteiger partial charge >= 0.3 is 0 Å². The van der Waals surface area contributed by atoms with E-state index in [1.165, 1.54) is 0 Å². The number of fused-ring (bicyclic) bond motifs is 1. The summed E-state index contributed by atoms with van der Waals surface area (Å²) in [6.07, 6.45) is 2.94. The molecule has 7 nitrogen and oxygen atoms in total. The summed E-state index contributed by atoms with van der Waals surface area (Å²) in [4.78, 5) is 15.5. The molecule has 8 heteroatoms. The van der Waals surface area contributed by atoms with Gasteiger partial charge in [-0.2, -0.15) is 9.97 Å². The van der Waals surface area contributed by atoms with Crippen LogP contribution in [0.1, 0.15) is 12.5 Å². The number of aromatic nitrogens is 4. The molecule has 0 bridgehead atoms. The van der Waals surface area contributed by atoms with Crippen LogP contribution in [0.15, 0.2) is 6.33 Å². The van der Waals surface area contributed by atoms with Crippen molar-refractivity contribution in [3.63, 3.8) is 0 Å². The van der Waals surface area contributed by atoms with Crippen LogP contribution in [0, 0.1) is 0 Å². The molecule has 0 radical (unpaired) electrons. The average Bonchev–Trinajstić information content (AvgIpc) is 3.15. The van der Waals surface area contributed by atoms with E-state index in [-0.39, 0.29) is 5.28 Å². The molecule has 1 N–H and O–H groups in total. The van der Waals surface area contributed by atoms with Crippen LogP contribution in [0.3, 0.4) is 0 Å². The molecule has 0 saturated carbocycles. The van der Waals surface area contributed by atoms with Crippen LogP contribution in [0.25, 0.3) is 11.2 Å². The molecule has 2 aliphatic heterocycles. The van der Waals surface area contributed by atoms with E-state index >= 15 is 0 Å². The van der Waals surface area contributed by atoms with Crippen LogP contribution in [-0.4, -0.2) is 58.9 Å². The van der Waals surface area contributed by atoms with Gasteiger partial charge in [0.15, 0.2) is 17.0 Å². The van der Waals surface area contributed by atoms with Crippen molar-refractivity contribution in [1.29, 1.82) is 0 Å². The Morgan fingerprint density at radius 2 is 2.14 bits per heavy atom. The summed E-state index contributed by atoms with van der Waals surface area (Å²) in [7, 11) is 0. The number of halogens is 1. The molecule has 4 heterocycles. The predicted octanol–water partition coefficient (Wildman–Crippen LogP) is 0.851. The van der Waals surface area contributed by atoms with Gasteiger partial charge in [0.05, 0.1) is 25.6 Å². The third-order valence-electron chi connectivity index (χ3n) is 4.11. The molecular formula is C13H17ClN6O. The molecule has 4 rings (SSSR count). The van der Waals surface area contributed by atoms with E-state index in [1.807, 2.05) is 6.33 Å². The Morgan fingerprint density at radius 3 is 2.90 bits per heavy atom. The highest BCUT2D eigenvalue weighted by Gasteiger charge is 2.24. The van der Waals surface area contributed by atoms with Crippen molar-refractivity contribution in [3.05, 3.63) is 11.6 Å². The normalized spacial score (nSPS) is 23.1. The van der Waals surface area contributed by atoms with E-state index in [0.29, 0.717) is 19.3 Å². The third kappa shape index (κ3) is 2.35. The van der Waals surface area contributed by atoms with Gasteiger partial charge < -0.3 is 19.5 Å². The fourth-order valence-electron chi connectivity index (χ4n) is 3.02. The second kappa shape index (κ2) is 5.40. The summed E-state index contributed by atoms with van der Waals surface area (Å²) in [5, 5.41) is 3.64. The zero-order valence-corrected chi connectivity index (χ0v) is 12.4. The molecule has 0 spiro atoms. The topological polar surface area (TPSA) is 68.1 Å². The maximum Gasteiger partial charge on any atom is 0.226 e. The molecule has 2 aromatic heterocycles. The molecule has 0 unspecified atom stereocenters. The molecule has 2 fully saturated rings. The van der Waals surface area contributed by atoms with E-state index < -0.39 is 0 Å². The van der Waals surface area contributed by atoms with Crippen molar-refractivity contribution < 1.29 is 4.74 Å². The summed E-state index contributed by atoms with van der Waals surface area (Å²) >= 11 is 6.14. The van der Waals surface area contributed by atoms with E-state index in [0.717, 1.165) is 49.6 Å². The highest BCUT2D eigenvalue weighted by molar-refractivity contribution is 6.28. The maximum absolute atomic E-state index is 6.14. The number of morpholine rings is 1. The summed E-state index contributed by atoms with van der Waals surface area (Å²) in [6, 6.07) is 0.388. The van der Waals surface area contributed by atoms with Crippen molar-refractivity contribution in [2.24, 2.45) is 0 Å². The summed E-state index contributed by atoms with van der Waals surface area (Å²) in [5.74, 6) is 0.818. The Morgan fingerprint density at radius 1 is 1.29 bits per heavy atom. The molecule has 21 heavy (non-hydrogen) atoms. The first-order valence-corrected chi connectivity index (χ1v) is 7.64. The number of nitrogens with zero attached hydrogens (tertiary/aromatic N) is 5. The van der Waals surface area contributed by atoms with Gasteiger partial charge in [0.25, 0.3) is 0 Å². The van der Waals surface area contributed by atoms with Crippen LogP contribution in [-0.2, 0) is 4.74 Å². The molecule has 2 saturated heterocycles. The summed E-state index contributed by atoms with van der Waals surface area (Å²) < 4.78 is 7.52. The lowest BCUT2D eigenvalue weighted by Gasteiger charge is -2.27. The Balaban J connectivity index is 1.80. The molecule has 1 atom stereocenters. The number of hydrogen-bond acceptors (Lipinski definition) is 6. The van der Waals surface area contributed by atoms with Crippen LogP contribution >= 0.6 is 11.6 Å². The van der Waals surface area contributed by atoms with Crippen LogP contribution in [0.5, 0.6) is 0 Å². The van der Waals surface area contributed by atoms with Gasteiger partial charge in [-0.15, -0.1) is 0 Å². The zero-order valence-electron chi connectivity index (χ0n) is 11.6. The van der Waals surface area contributed by atoms with Crippen molar-refractivity contribution in [2.75, 3.05) is 44.3 Å². The Kier molecular flexibility index (Phi) is 3.40. The second-order valence-electron chi connectivity index (χ2n) is 5.39. The fraction of sp³-hybridized carbons (Fsp3) is 0.615. The first-order valence-electron chi connectivity index (χ1n) is 7.26. The van der Waals surface area contributed by atoms with Gasteiger partial charge in [-0.05, 0) is 24.6 Å². The lowest BCUT2D eigenvalue weighted by molar-refractivity contribution is 0.122. The number of imidazole rings is 1. The molecule has 2 aliphatic rings. The minimum Gasteiger partial charge on any atom is -0.378 e. The zero-order chi connectivity index (χ0) is 14.2. The van der Waals surface area contributed by atoms with E-state index in [1.54, 1.807) is 0 Å². The first kappa shape index (κ1) is 13.2. The average molecular weight is 309 g/mol. The SMILES string of the molecule is Clc1nc(N2CCOCC2)c2ncn([C@H]3CCNC3)c2n1. The molecular weight excluding hydrogens is 292 g/mol. The number of ether oxygens (including phenoxy) is 1. The van der Waals surface area contributed by atoms with Gasteiger partial charge in [0, 0.05) is 19.6 Å². The summed E-state index contributed by atoms with van der Waals surface area (Å²) in [6.45, 7) is 4.99. The number of hydrogen-bond donors (Lipinski definition) is 1. The second-order valence-corrected chi connectivity index (χ2v) is 5.72. The molecule has 0 aliphatic carbocycles. The standard InChI is InChI=1S/C13H17ClN6O/c14-13-17-11(19-3-5-21-6-4-19)10-12(18-13)20(8-16-10)9-1-2-15-7-9/h8-9,15H,1-7H2/t9-/m0/s1. The quantitative estimate of drug-likeness (QED) is 0.830. The molecule has 0 aromatic carbocycles. The van der Waals surface area contributed by atoms with Crippen LogP contribution in [0.4, 0.5) is 5.82 Å². The number of anilines is 1. The van der Waals surface area contributed by atoms with Gasteiger partial charge in [-0.1, -0.05) is 0 Å². The van der Waals surface area contributed by atoms with Gasteiger partial charge in [-0.3, -0.25) is 0 Å². The fourth-order valence-corrected chi connectivity index (χ4v) is 3.18. The lowest BCUT2D eigenvalue weighted by Crippen LogP contribution is -2.37. The van der Waals surface area contributed by atoms with Gasteiger partial charge in [-0.25, -0.2) is 4.98 Å². The third-order valence-corrected chi connectivity index (χ3v) is 4.28. The molecule has 0 amide bonds. The largest absolute Gasteiger partial charge is 0.378 e. The maximum atomic E-state index is 6.14. The Bertz CT molecular complexity index is 647. The van der Waals surface area contributed by atoms with E-state index in [9.17, 15) is 0 Å². The van der Waals surface area contributed by atoms with Crippen molar-refractivity contribution in [1.82, 2.24) is 24.8 Å². The predicted molar refractivity (Wildman–Crippen MR) is 79.9 cm³/mol. The van der Waals surface area contributed by atoms with Crippen LogP contribution < -0.4 is 10.2 Å². The van der Waals surface area contributed by atoms with E-state index in [2.05, 4.69) is 29.7 Å². The van der Waals surface area contributed by atoms with Gasteiger partial charge in [0.1, 0.15) is 0 Å². The Labute approximate surface area is 127 Å². The monoisotopic (exact) mass is 308 g/mol. The Hall–Kier alpha value is -1.44. The van der Waals surface area contributed by atoms with Crippen molar-refractivity contribution in [2.45, 2.75) is 12.5 Å². The van der Waals surface area contributed by atoms with E-state index in [4.69, 9.17) is 16.3 Å². The minimum absolute atomic E-state index is 0.275. The first-order chi connectivity index (χ1) is 10.3. The van der Waals surface area contributed by atoms with Gasteiger partial charge in [0.2, 0.25) is 5.28 Å². The molecule has 112 valence electrons. The smallest absolute Gasteiger partial charge is 0.226 e. The number of rotatable bonds is 2. The molecule has 2 aromatic rings. The minimum atomic E-state index is 0.275. The highest BCUT2D eigenvalue weighted by atomic mass is 35.5. The summed E-state index contributed by atoms with van der Waals surface area (Å²) in [5.41, 5.74) is 1.65. The highest BCUT2D eigenvalue weighted by Crippen LogP contribution is 2.28.